The van der Waals surface area contributed by atoms with Crippen molar-refractivity contribution < 1.29 is 9.53 Å². The first-order chi connectivity index (χ1) is 8.66. The molecule has 1 saturated heterocycles. The lowest BCUT2D eigenvalue weighted by Gasteiger charge is -2.36. The fourth-order valence-electron chi connectivity index (χ4n) is 2.04. The summed E-state index contributed by atoms with van der Waals surface area (Å²) < 4.78 is 5.52. The summed E-state index contributed by atoms with van der Waals surface area (Å²) in [6, 6.07) is 10.00. The topological polar surface area (TPSA) is 29.5 Å². The molecular weight excluding hydrogens is 226 g/mol. The van der Waals surface area contributed by atoms with Crippen LogP contribution < -0.4 is 0 Å². The van der Waals surface area contributed by atoms with E-state index in [2.05, 4.69) is 0 Å². The third-order valence-electron chi connectivity index (χ3n) is 3.11. The van der Waals surface area contributed by atoms with E-state index >= 15 is 0 Å². The second-order valence-electron chi connectivity index (χ2n) is 4.73. The highest BCUT2D eigenvalue weighted by Crippen LogP contribution is 2.12. The molecule has 2 rings (SSSR count). The van der Waals surface area contributed by atoms with Crippen LogP contribution in [0.3, 0.4) is 0 Å². The van der Waals surface area contributed by atoms with E-state index in [4.69, 9.17) is 4.74 Å². The number of benzene rings is 1. The Labute approximate surface area is 108 Å². The second-order valence-corrected chi connectivity index (χ2v) is 4.73. The molecule has 1 fully saturated rings. The third kappa shape index (κ3) is 3.20. The lowest BCUT2D eigenvalue weighted by molar-refractivity contribution is -0.137. The largest absolute Gasteiger partial charge is 0.375 e. The molecule has 0 unspecified atom stereocenters. The molecule has 1 aromatic carbocycles. The molecule has 0 bridgehead atoms. The smallest absolute Gasteiger partial charge is 0.246 e. The van der Waals surface area contributed by atoms with Gasteiger partial charge in [-0.1, -0.05) is 30.3 Å². The lowest BCUT2D eigenvalue weighted by atomic mass is 10.2. The van der Waals surface area contributed by atoms with Crippen molar-refractivity contribution in [2.24, 2.45) is 0 Å². The maximum absolute atomic E-state index is 12.1. The molecule has 3 nitrogen and oxygen atoms in total. The molecule has 1 heterocycles. The monoisotopic (exact) mass is 245 g/mol. The van der Waals surface area contributed by atoms with Crippen LogP contribution in [0.25, 0.3) is 6.08 Å². The van der Waals surface area contributed by atoms with E-state index in [9.17, 15) is 4.79 Å². The summed E-state index contributed by atoms with van der Waals surface area (Å²) in [4.78, 5) is 14.0. The molecule has 0 spiro atoms. The van der Waals surface area contributed by atoms with Gasteiger partial charge in [0.15, 0.2) is 0 Å². The van der Waals surface area contributed by atoms with Crippen molar-refractivity contribution >= 4 is 12.0 Å². The van der Waals surface area contributed by atoms with E-state index in [1.54, 1.807) is 6.08 Å². The van der Waals surface area contributed by atoms with Crippen molar-refractivity contribution in [1.29, 1.82) is 0 Å². The highest BCUT2D eigenvalue weighted by Gasteiger charge is 2.25. The predicted octanol–water partition coefficient (Wildman–Crippen LogP) is 2.34. The van der Waals surface area contributed by atoms with Gasteiger partial charge in [-0.2, -0.15) is 0 Å². The Morgan fingerprint density at radius 3 is 2.78 bits per heavy atom. The predicted molar refractivity (Wildman–Crippen MR) is 72.1 cm³/mol. The van der Waals surface area contributed by atoms with Crippen LogP contribution in [-0.4, -0.2) is 36.1 Å². The van der Waals surface area contributed by atoms with Crippen LogP contribution in [0.4, 0.5) is 0 Å². The van der Waals surface area contributed by atoms with Gasteiger partial charge in [0.05, 0.1) is 18.8 Å². The lowest BCUT2D eigenvalue weighted by Crippen LogP contribution is -2.49. The van der Waals surface area contributed by atoms with Gasteiger partial charge < -0.3 is 9.64 Å². The summed E-state index contributed by atoms with van der Waals surface area (Å²) in [6.45, 7) is 5.29. The number of hydrogen-bond donors (Lipinski definition) is 0. The SMILES string of the molecule is C[C@@H]1CN(C(=O)/C=C/c2ccccc2)[C@H](C)CO1. The van der Waals surface area contributed by atoms with Crippen LogP contribution in [0.1, 0.15) is 19.4 Å². The van der Waals surface area contributed by atoms with Crippen molar-refractivity contribution in [1.82, 2.24) is 4.90 Å². The highest BCUT2D eigenvalue weighted by atomic mass is 16.5. The van der Waals surface area contributed by atoms with Gasteiger partial charge >= 0.3 is 0 Å². The van der Waals surface area contributed by atoms with Gasteiger partial charge in [0.1, 0.15) is 0 Å². The Bertz CT molecular complexity index is 427. The van der Waals surface area contributed by atoms with E-state index in [1.807, 2.05) is 55.2 Å². The average Bonchev–Trinajstić information content (AvgIpc) is 2.40. The Morgan fingerprint density at radius 2 is 2.06 bits per heavy atom. The van der Waals surface area contributed by atoms with Crippen molar-refractivity contribution in [3.63, 3.8) is 0 Å². The molecule has 96 valence electrons. The van der Waals surface area contributed by atoms with Gasteiger partial charge in [-0.15, -0.1) is 0 Å². The van der Waals surface area contributed by atoms with Gasteiger partial charge in [-0.25, -0.2) is 0 Å². The second kappa shape index (κ2) is 5.83. The van der Waals surface area contributed by atoms with E-state index in [0.29, 0.717) is 13.2 Å². The Kier molecular flexibility index (Phi) is 4.15. The van der Waals surface area contributed by atoms with Gasteiger partial charge in [-0.05, 0) is 25.5 Å². The van der Waals surface area contributed by atoms with Crippen LogP contribution in [0.15, 0.2) is 36.4 Å². The zero-order valence-corrected chi connectivity index (χ0v) is 10.9. The maximum atomic E-state index is 12.1. The summed E-state index contributed by atoms with van der Waals surface area (Å²) in [6.07, 6.45) is 3.62. The van der Waals surface area contributed by atoms with Crippen molar-refractivity contribution in [3.05, 3.63) is 42.0 Å². The fraction of sp³-hybridized carbons (Fsp3) is 0.400. The van der Waals surface area contributed by atoms with E-state index in [-0.39, 0.29) is 18.1 Å². The number of morpholine rings is 1. The molecule has 0 N–H and O–H groups in total. The first-order valence-corrected chi connectivity index (χ1v) is 6.32. The molecule has 0 saturated carbocycles. The van der Waals surface area contributed by atoms with Crippen LogP contribution in [-0.2, 0) is 9.53 Å². The van der Waals surface area contributed by atoms with Gasteiger partial charge in [0, 0.05) is 12.6 Å². The average molecular weight is 245 g/mol. The number of nitrogens with zero attached hydrogens (tertiary/aromatic N) is 1. The molecule has 1 aliphatic heterocycles. The van der Waals surface area contributed by atoms with E-state index in [0.717, 1.165) is 5.56 Å². The molecule has 1 aliphatic rings. The van der Waals surface area contributed by atoms with E-state index in [1.165, 1.54) is 0 Å². The summed E-state index contributed by atoms with van der Waals surface area (Å²) in [7, 11) is 0. The van der Waals surface area contributed by atoms with Crippen LogP contribution in [0.5, 0.6) is 0 Å². The van der Waals surface area contributed by atoms with Gasteiger partial charge in [0.25, 0.3) is 0 Å². The van der Waals surface area contributed by atoms with Crippen molar-refractivity contribution in [2.75, 3.05) is 13.2 Å². The van der Waals surface area contributed by atoms with Crippen LogP contribution in [0, 0.1) is 0 Å². The zero-order chi connectivity index (χ0) is 13.0. The molecule has 1 aromatic rings. The highest BCUT2D eigenvalue weighted by molar-refractivity contribution is 5.92. The molecule has 0 radical (unpaired) electrons. The minimum atomic E-state index is 0.0569. The number of carbonyl (C=O) groups excluding carboxylic acids is 1. The molecule has 0 aliphatic carbocycles. The molecular formula is C15H19NO2. The molecule has 1 amide bonds. The Balaban J connectivity index is 2.01. The van der Waals surface area contributed by atoms with Gasteiger partial charge in [0.2, 0.25) is 5.91 Å². The van der Waals surface area contributed by atoms with E-state index < -0.39 is 0 Å². The van der Waals surface area contributed by atoms with Gasteiger partial charge in [-0.3, -0.25) is 4.79 Å². The van der Waals surface area contributed by atoms with Crippen LogP contribution >= 0.6 is 0 Å². The number of ether oxygens (including phenoxy) is 1. The fourth-order valence-corrected chi connectivity index (χ4v) is 2.04. The number of carbonyl (C=O) groups is 1. The first kappa shape index (κ1) is 12.8. The minimum absolute atomic E-state index is 0.0569. The quantitative estimate of drug-likeness (QED) is 0.748. The summed E-state index contributed by atoms with van der Waals surface area (Å²) in [5, 5.41) is 0. The molecule has 3 heteroatoms. The summed E-state index contributed by atoms with van der Waals surface area (Å²) in [5.41, 5.74) is 1.04. The zero-order valence-electron chi connectivity index (χ0n) is 10.9. The third-order valence-corrected chi connectivity index (χ3v) is 3.11. The maximum Gasteiger partial charge on any atom is 0.246 e. The Morgan fingerprint density at radius 1 is 1.33 bits per heavy atom. The van der Waals surface area contributed by atoms with Crippen molar-refractivity contribution in [2.45, 2.75) is 26.0 Å². The molecule has 2 atom stereocenters. The normalized spacial score (nSPS) is 24.4. The minimum Gasteiger partial charge on any atom is -0.375 e. The number of rotatable bonds is 2. The molecule has 0 aromatic heterocycles. The Hall–Kier alpha value is -1.61. The number of hydrogen-bond acceptors (Lipinski definition) is 2. The summed E-state index contributed by atoms with van der Waals surface area (Å²) >= 11 is 0. The van der Waals surface area contributed by atoms with Crippen molar-refractivity contribution in [3.8, 4) is 0 Å². The summed E-state index contributed by atoms with van der Waals surface area (Å²) in [5.74, 6) is 0.0569. The first-order valence-electron chi connectivity index (χ1n) is 6.32. The standard InChI is InChI=1S/C15H19NO2/c1-12-11-18-13(2)10-16(12)15(17)9-8-14-6-4-3-5-7-14/h3-9,12-13H,10-11H2,1-2H3/b9-8+/t12-,13-/m1/s1. The van der Waals surface area contributed by atoms with Crippen LogP contribution in [0.2, 0.25) is 0 Å². The number of amides is 1. The molecule has 18 heavy (non-hydrogen) atoms.